The molecule has 1 amide bonds. The molecular weight excluding hydrogens is 288 g/mol. The summed E-state index contributed by atoms with van der Waals surface area (Å²) in [5, 5.41) is 11.3. The summed E-state index contributed by atoms with van der Waals surface area (Å²) in [5.74, 6) is -0.124. The van der Waals surface area contributed by atoms with Crippen LogP contribution in [0.15, 0.2) is 24.3 Å². The summed E-state index contributed by atoms with van der Waals surface area (Å²) in [5.41, 5.74) is 0.456. The van der Waals surface area contributed by atoms with Crippen LogP contribution in [0.5, 0.6) is 0 Å². The summed E-state index contributed by atoms with van der Waals surface area (Å²) >= 11 is 3.30. The monoisotopic (exact) mass is 300 g/mol. The first-order valence-corrected chi connectivity index (χ1v) is 6.24. The van der Waals surface area contributed by atoms with E-state index in [0.29, 0.717) is 12.1 Å². The zero-order valence-electron chi connectivity index (χ0n) is 9.43. The van der Waals surface area contributed by atoms with Crippen molar-refractivity contribution in [3.63, 3.8) is 0 Å². The van der Waals surface area contributed by atoms with Crippen LogP contribution < -0.4 is 0 Å². The summed E-state index contributed by atoms with van der Waals surface area (Å²) in [6.45, 7) is 0.654. The Morgan fingerprint density at radius 2 is 2.00 bits per heavy atom. The third-order valence-electron chi connectivity index (χ3n) is 2.30. The SMILES string of the molecule is CN(CCCBr)C(=O)c1ccc([N+](=O)[O-])cc1. The van der Waals surface area contributed by atoms with Crippen molar-refractivity contribution in [3.05, 3.63) is 39.9 Å². The number of nitro groups is 1. The molecule has 6 heteroatoms. The van der Waals surface area contributed by atoms with Gasteiger partial charge in [-0.2, -0.15) is 0 Å². The van der Waals surface area contributed by atoms with Gasteiger partial charge in [0.1, 0.15) is 0 Å². The van der Waals surface area contributed by atoms with Crippen LogP contribution in [0.25, 0.3) is 0 Å². The fourth-order valence-corrected chi connectivity index (χ4v) is 1.60. The number of rotatable bonds is 5. The molecule has 0 aromatic heterocycles. The lowest BCUT2D eigenvalue weighted by Gasteiger charge is -2.16. The third kappa shape index (κ3) is 3.81. The highest BCUT2D eigenvalue weighted by Gasteiger charge is 2.12. The molecule has 0 saturated carbocycles. The summed E-state index contributed by atoms with van der Waals surface area (Å²) in [6, 6.07) is 5.63. The van der Waals surface area contributed by atoms with Gasteiger partial charge in [-0.15, -0.1) is 0 Å². The number of carbonyl (C=O) groups is 1. The minimum atomic E-state index is -0.483. The van der Waals surface area contributed by atoms with E-state index in [1.807, 2.05) is 0 Å². The van der Waals surface area contributed by atoms with E-state index in [1.54, 1.807) is 11.9 Å². The third-order valence-corrected chi connectivity index (χ3v) is 2.86. The molecule has 17 heavy (non-hydrogen) atoms. The first-order chi connectivity index (χ1) is 8.06. The lowest BCUT2D eigenvalue weighted by molar-refractivity contribution is -0.384. The second kappa shape index (κ2) is 6.34. The van der Waals surface area contributed by atoms with E-state index in [-0.39, 0.29) is 11.6 Å². The van der Waals surface area contributed by atoms with E-state index in [1.165, 1.54) is 24.3 Å². The number of alkyl halides is 1. The summed E-state index contributed by atoms with van der Waals surface area (Å²) in [4.78, 5) is 23.5. The quantitative estimate of drug-likeness (QED) is 0.477. The Labute approximate surface area is 108 Å². The van der Waals surface area contributed by atoms with Gasteiger partial charge >= 0.3 is 0 Å². The predicted molar refractivity (Wildman–Crippen MR) is 68.5 cm³/mol. The van der Waals surface area contributed by atoms with Crippen molar-refractivity contribution in [2.75, 3.05) is 18.9 Å². The van der Waals surface area contributed by atoms with Crippen LogP contribution in [0.2, 0.25) is 0 Å². The summed E-state index contributed by atoms with van der Waals surface area (Å²) in [7, 11) is 1.71. The van der Waals surface area contributed by atoms with Gasteiger partial charge in [0, 0.05) is 36.6 Å². The Kier molecular flexibility index (Phi) is 5.09. The smallest absolute Gasteiger partial charge is 0.269 e. The molecule has 0 fully saturated rings. The molecule has 1 rings (SSSR count). The maximum atomic E-state index is 11.9. The number of nitrogens with zero attached hydrogens (tertiary/aromatic N) is 2. The Balaban J connectivity index is 2.72. The largest absolute Gasteiger partial charge is 0.342 e. The van der Waals surface area contributed by atoms with Gasteiger partial charge in [-0.3, -0.25) is 14.9 Å². The number of hydrogen-bond acceptors (Lipinski definition) is 3. The maximum absolute atomic E-state index is 11.9. The van der Waals surface area contributed by atoms with Crippen molar-refractivity contribution in [1.29, 1.82) is 0 Å². The Hall–Kier alpha value is -1.43. The van der Waals surface area contributed by atoms with E-state index in [9.17, 15) is 14.9 Å². The molecule has 0 heterocycles. The first kappa shape index (κ1) is 13.6. The maximum Gasteiger partial charge on any atom is 0.269 e. The normalized spacial score (nSPS) is 10.0. The topological polar surface area (TPSA) is 63.5 Å². The van der Waals surface area contributed by atoms with Crippen LogP contribution in [0.4, 0.5) is 5.69 Å². The molecule has 0 bridgehead atoms. The van der Waals surface area contributed by atoms with Crippen molar-refractivity contribution < 1.29 is 9.72 Å². The second-order valence-corrected chi connectivity index (χ2v) is 4.37. The number of hydrogen-bond donors (Lipinski definition) is 0. The first-order valence-electron chi connectivity index (χ1n) is 5.12. The lowest BCUT2D eigenvalue weighted by atomic mass is 10.2. The molecule has 0 aliphatic rings. The second-order valence-electron chi connectivity index (χ2n) is 3.57. The molecule has 0 aliphatic carbocycles. The molecule has 0 unspecified atom stereocenters. The number of halogens is 1. The fourth-order valence-electron chi connectivity index (χ4n) is 1.34. The van der Waals surface area contributed by atoms with E-state index >= 15 is 0 Å². The van der Waals surface area contributed by atoms with Crippen LogP contribution in [-0.2, 0) is 0 Å². The van der Waals surface area contributed by atoms with Gasteiger partial charge in [0.15, 0.2) is 0 Å². The van der Waals surface area contributed by atoms with E-state index < -0.39 is 4.92 Å². The Morgan fingerprint density at radius 1 is 1.41 bits per heavy atom. The minimum absolute atomic E-state index is 0.00957. The van der Waals surface area contributed by atoms with Crippen LogP contribution in [0.1, 0.15) is 16.8 Å². The molecule has 0 spiro atoms. The number of nitro benzene ring substituents is 1. The Morgan fingerprint density at radius 3 is 2.47 bits per heavy atom. The zero-order chi connectivity index (χ0) is 12.8. The molecular formula is C11H13BrN2O3. The van der Waals surface area contributed by atoms with Crippen LogP contribution in [-0.4, -0.2) is 34.7 Å². The minimum Gasteiger partial charge on any atom is -0.342 e. The molecule has 0 N–H and O–H groups in total. The Bertz CT molecular complexity index is 406. The lowest BCUT2D eigenvalue weighted by Crippen LogP contribution is -2.27. The molecule has 1 aromatic rings. The molecule has 1 aromatic carbocycles. The molecule has 92 valence electrons. The van der Waals surface area contributed by atoms with Gasteiger partial charge in [0.05, 0.1) is 4.92 Å². The van der Waals surface area contributed by atoms with Crippen molar-refractivity contribution in [2.24, 2.45) is 0 Å². The van der Waals surface area contributed by atoms with E-state index in [0.717, 1.165) is 11.8 Å². The van der Waals surface area contributed by atoms with Crippen molar-refractivity contribution >= 4 is 27.5 Å². The standard InChI is InChI=1S/C11H13BrN2O3/c1-13(8-2-7-12)11(15)9-3-5-10(6-4-9)14(16)17/h3-6H,2,7-8H2,1H3. The molecule has 0 radical (unpaired) electrons. The van der Waals surface area contributed by atoms with Crippen LogP contribution in [0.3, 0.4) is 0 Å². The fraction of sp³-hybridized carbons (Fsp3) is 0.364. The van der Waals surface area contributed by atoms with Crippen molar-refractivity contribution in [2.45, 2.75) is 6.42 Å². The van der Waals surface area contributed by atoms with Gasteiger partial charge in [-0.1, -0.05) is 15.9 Å². The average molecular weight is 301 g/mol. The predicted octanol–water partition coefficient (Wildman–Crippen LogP) is 2.45. The van der Waals surface area contributed by atoms with Crippen molar-refractivity contribution in [3.8, 4) is 0 Å². The number of non-ortho nitro benzene ring substituents is 1. The van der Waals surface area contributed by atoms with E-state index in [4.69, 9.17) is 0 Å². The number of amides is 1. The van der Waals surface area contributed by atoms with Gasteiger partial charge in [0.2, 0.25) is 0 Å². The van der Waals surface area contributed by atoms with Crippen molar-refractivity contribution in [1.82, 2.24) is 4.90 Å². The summed E-state index contributed by atoms with van der Waals surface area (Å²) < 4.78 is 0. The number of carbonyl (C=O) groups excluding carboxylic acids is 1. The molecule has 0 atom stereocenters. The average Bonchev–Trinajstić information content (AvgIpc) is 2.35. The highest BCUT2D eigenvalue weighted by Crippen LogP contribution is 2.13. The molecule has 5 nitrogen and oxygen atoms in total. The van der Waals surface area contributed by atoms with Crippen LogP contribution >= 0.6 is 15.9 Å². The molecule has 0 aliphatic heterocycles. The zero-order valence-corrected chi connectivity index (χ0v) is 11.0. The van der Waals surface area contributed by atoms with Gasteiger partial charge in [-0.05, 0) is 18.6 Å². The highest BCUT2D eigenvalue weighted by atomic mass is 79.9. The highest BCUT2D eigenvalue weighted by molar-refractivity contribution is 9.09. The van der Waals surface area contributed by atoms with Crippen LogP contribution in [0, 0.1) is 10.1 Å². The van der Waals surface area contributed by atoms with Gasteiger partial charge in [0.25, 0.3) is 11.6 Å². The summed E-state index contributed by atoms with van der Waals surface area (Å²) in [6.07, 6.45) is 0.870. The molecule has 0 saturated heterocycles. The van der Waals surface area contributed by atoms with E-state index in [2.05, 4.69) is 15.9 Å². The van der Waals surface area contributed by atoms with Gasteiger partial charge in [-0.25, -0.2) is 0 Å². The van der Waals surface area contributed by atoms with Gasteiger partial charge < -0.3 is 4.90 Å². The number of benzene rings is 1.